The second kappa shape index (κ2) is 7.14. The zero-order valence-corrected chi connectivity index (χ0v) is 12.9. The fraction of sp³-hybridized carbons (Fsp3) is 0.333. The smallest absolute Gasteiger partial charge is 0.161 e. The van der Waals surface area contributed by atoms with Crippen molar-refractivity contribution in [3.05, 3.63) is 59.2 Å². The molecule has 2 aromatic carbocycles. The Bertz CT molecular complexity index is 596. The standard InChI is InChI=1S/C18H23NO2/c1-4-6-13-7-5-8-14(11-13)18(19)15-9-10-16(20-2)17(12-15)21-3/h5,7-12,18H,4,6,19H2,1-3H3. The summed E-state index contributed by atoms with van der Waals surface area (Å²) in [4.78, 5) is 0. The van der Waals surface area contributed by atoms with Crippen molar-refractivity contribution in [1.82, 2.24) is 0 Å². The van der Waals surface area contributed by atoms with Crippen LogP contribution in [0.2, 0.25) is 0 Å². The van der Waals surface area contributed by atoms with Gasteiger partial charge in [-0.1, -0.05) is 43.7 Å². The first kappa shape index (κ1) is 15.4. The second-order valence-electron chi connectivity index (χ2n) is 5.09. The van der Waals surface area contributed by atoms with Gasteiger partial charge < -0.3 is 15.2 Å². The molecule has 112 valence electrons. The van der Waals surface area contributed by atoms with E-state index >= 15 is 0 Å². The van der Waals surface area contributed by atoms with Gasteiger partial charge in [0.2, 0.25) is 0 Å². The Hall–Kier alpha value is -2.00. The minimum absolute atomic E-state index is 0.165. The van der Waals surface area contributed by atoms with Crippen molar-refractivity contribution in [2.45, 2.75) is 25.8 Å². The van der Waals surface area contributed by atoms with E-state index in [0.29, 0.717) is 11.5 Å². The van der Waals surface area contributed by atoms with E-state index in [1.165, 1.54) is 5.56 Å². The van der Waals surface area contributed by atoms with E-state index in [9.17, 15) is 0 Å². The molecular formula is C18H23NO2. The van der Waals surface area contributed by atoms with Crippen molar-refractivity contribution >= 4 is 0 Å². The Kier molecular flexibility index (Phi) is 5.23. The van der Waals surface area contributed by atoms with Gasteiger partial charge in [0, 0.05) is 0 Å². The van der Waals surface area contributed by atoms with E-state index in [1.807, 2.05) is 18.2 Å². The quantitative estimate of drug-likeness (QED) is 0.880. The highest BCUT2D eigenvalue weighted by atomic mass is 16.5. The molecule has 0 aliphatic carbocycles. The molecule has 0 spiro atoms. The summed E-state index contributed by atoms with van der Waals surface area (Å²) in [5.41, 5.74) is 9.86. The van der Waals surface area contributed by atoms with Gasteiger partial charge in [0.05, 0.1) is 20.3 Å². The number of benzene rings is 2. The van der Waals surface area contributed by atoms with E-state index in [0.717, 1.165) is 24.0 Å². The molecule has 0 heterocycles. The molecule has 3 nitrogen and oxygen atoms in total. The van der Waals surface area contributed by atoms with Crippen LogP contribution in [0.1, 0.15) is 36.1 Å². The van der Waals surface area contributed by atoms with Crippen molar-refractivity contribution in [2.24, 2.45) is 5.73 Å². The first-order chi connectivity index (χ1) is 10.2. The molecule has 2 aromatic rings. The van der Waals surface area contributed by atoms with Gasteiger partial charge in [0.1, 0.15) is 0 Å². The molecule has 3 heteroatoms. The molecular weight excluding hydrogens is 262 g/mol. The highest BCUT2D eigenvalue weighted by Gasteiger charge is 2.12. The number of rotatable bonds is 6. The van der Waals surface area contributed by atoms with Crippen LogP contribution < -0.4 is 15.2 Å². The third-order valence-corrected chi connectivity index (χ3v) is 3.62. The molecule has 0 saturated heterocycles. The lowest BCUT2D eigenvalue weighted by Gasteiger charge is -2.16. The van der Waals surface area contributed by atoms with Crippen LogP contribution >= 0.6 is 0 Å². The number of hydrogen-bond acceptors (Lipinski definition) is 3. The third kappa shape index (κ3) is 3.56. The van der Waals surface area contributed by atoms with Gasteiger partial charge in [-0.25, -0.2) is 0 Å². The van der Waals surface area contributed by atoms with Gasteiger partial charge in [0.15, 0.2) is 11.5 Å². The Morgan fingerprint density at radius 3 is 2.33 bits per heavy atom. The van der Waals surface area contributed by atoms with E-state index < -0.39 is 0 Å². The third-order valence-electron chi connectivity index (χ3n) is 3.62. The molecule has 0 aliphatic rings. The van der Waals surface area contributed by atoms with E-state index in [2.05, 4.69) is 31.2 Å². The van der Waals surface area contributed by atoms with E-state index in [4.69, 9.17) is 15.2 Å². The molecule has 0 fully saturated rings. The van der Waals surface area contributed by atoms with E-state index in [1.54, 1.807) is 14.2 Å². The van der Waals surface area contributed by atoms with Gasteiger partial charge >= 0.3 is 0 Å². The van der Waals surface area contributed by atoms with Crippen LogP contribution in [0.4, 0.5) is 0 Å². The zero-order chi connectivity index (χ0) is 15.2. The number of aryl methyl sites for hydroxylation is 1. The van der Waals surface area contributed by atoms with Crippen LogP contribution in [0.15, 0.2) is 42.5 Å². The maximum Gasteiger partial charge on any atom is 0.161 e. The van der Waals surface area contributed by atoms with Crippen LogP contribution in [0.25, 0.3) is 0 Å². The van der Waals surface area contributed by atoms with Crippen LogP contribution in [0, 0.1) is 0 Å². The Morgan fingerprint density at radius 2 is 1.67 bits per heavy atom. The lowest BCUT2D eigenvalue weighted by Crippen LogP contribution is -2.12. The van der Waals surface area contributed by atoms with Gasteiger partial charge in [-0.05, 0) is 35.2 Å². The van der Waals surface area contributed by atoms with Crippen LogP contribution in [-0.2, 0) is 6.42 Å². The molecule has 0 radical (unpaired) electrons. The fourth-order valence-corrected chi connectivity index (χ4v) is 2.47. The monoisotopic (exact) mass is 285 g/mol. The van der Waals surface area contributed by atoms with Crippen LogP contribution in [0.5, 0.6) is 11.5 Å². The number of ether oxygens (including phenoxy) is 2. The predicted octanol–water partition coefficient (Wildman–Crippen LogP) is 3.70. The minimum atomic E-state index is -0.165. The fourth-order valence-electron chi connectivity index (χ4n) is 2.47. The van der Waals surface area contributed by atoms with Crippen molar-refractivity contribution in [1.29, 1.82) is 0 Å². The first-order valence-corrected chi connectivity index (χ1v) is 7.26. The molecule has 0 aliphatic heterocycles. The Morgan fingerprint density at radius 1 is 0.952 bits per heavy atom. The summed E-state index contributed by atoms with van der Waals surface area (Å²) in [5.74, 6) is 1.42. The summed E-state index contributed by atoms with van der Waals surface area (Å²) in [6.45, 7) is 2.18. The minimum Gasteiger partial charge on any atom is -0.493 e. The Labute approximate surface area is 126 Å². The van der Waals surface area contributed by atoms with Crippen LogP contribution in [-0.4, -0.2) is 14.2 Å². The lowest BCUT2D eigenvalue weighted by atomic mass is 9.96. The number of methoxy groups -OCH3 is 2. The molecule has 0 amide bonds. The lowest BCUT2D eigenvalue weighted by molar-refractivity contribution is 0.354. The molecule has 1 unspecified atom stereocenters. The summed E-state index contributed by atoms with van der Waals surface area (Å²) in [6.07, 6.45) is 2.21. The molecule has 2 rings (SSSR count). The largest absolute Gasteiger partial charge is 0.493 e. The molecule has 1 atom stereocenters. The summed E-state index contributed by atoms with van der Waals surface area (Å²) >= 11 is 0. The molecule has 0 bridgehead atoms. The normalized spacial score (nSPS) is 12.0. The highest BCUT2D eigenvalue weighted by Crippen LogP contribution is 2.31. The van der Waals surface area contributed by atoms with Crippen molar-refractivity contribution in [3.63, 3.8) is 0 Å². The van der Waals surface area contributed by atoms with E-state index in [-0.39, 0.29) is 6.04 Å². The second-order valence-corrected chi connectivity index (χ2v) is 5.09. The topological polar surface area (TPSA) is 44.5 Å². The maximum atomic E-state index is 6.40. The average molecular weight is 285 g/mol. The maximum absolute atomic E-state index is 6.40. The zero-order valence-electron chi connectivity index (χ0n) is 12.9. The molecule has 0 saturated carbocycles. The number of hydrogen-bond donors (Lipinski definition) is 1. The van der Waals surface area contributed by atoms with Gasteiger partial charge in [-0.15, -0.1) is 0 Å². The van der Waals surface area contributed by atoms with Gasteiger partial charge in [-0.3, -0.25) is 0 Å². The average Bonchev–Trinajstić information content (AvgIpc) is 2.54. The number of nitrogens with two attached hydrogens (primary N) is 1. The predicted molar refractivity (Wildman–Crippen MR) is 86.0 cm³/mol. The van der Waals surface area contributed by atoms with Crippen molar-refractivity contribution in [3.8, 4) is 11.5 Å². The van der Waals surface area contributed by atoms with Gasteiger partial charge in [-0.2, -0.15) is 0 Å². The summed E-state index contributed by atoms with van der Waals surface area (Å²) in [5, 5.41) is 0. The summed E-state index contributed by atoms with van der Waals surface area (Å²) in [6, 6.07) is 14.1. The van der Waals surface area contributed by atoms with Crippen molar-refractivity contribution < 1.29 is 9.47 Å². The Balaban J connectivity index is 2.30. The molecule has 0 aromatic heterocycles. The summed E-state index contributed by atoms with van der Waals surface area (Å²) < 4.78 is 10.6. The molecule has 21 heavy (non-hydrogen) atoms. The van der Waals surface area contributed by atoms with Gasteiger partial charge in [0.25, 0.3) is 0 Å². The van der Waals surface area contributed by atoms with Crippen molar-refractivity contribution in [2.75, 3.05) is 14.2 Å². The molecule has 2 N–H and O–H groups in total. The first-order valence-electron chi connectivity index (χ1n) is 7.26. The summed E-state index contributed by atoms with van der Waals surface area (Å²) in [7, 11) is 3.26. The van der Waals surface area contributed by atoms with Crippen LogP contribution in [0.3, 0.4) is 0 Å². The highest BCUT2D eigenvalue weighted by molar-refractivity contribution is 5.46. The SMILES string of the molecule is CCCc1cccc(C(N)c2ccc(OC)c(OC)c2)c1.